The molecule has 0 saturated heterocycles. The standard InChI is InChI=1S/C7H13O.3CH3.Sn/c1-3-4-5-6-7(2)8;;;;/h5H,3-4,6H2,1-2H3;3*1H3;. The van der Waals surface area contributed by atoms with Crippen molar-refractivity contribution >= 4 is 24.2 Å². The molecule has 1 atom stereocenters. The topological polar surface area (TPSA) is 17.1 Å². The summed E-state index contributed by atoms with van der Waals surface area (Å²) in [6.07, 6.45) is 3.33. The molecule has 0 aliphatic heterocycles. The van der Waals surface area contributed by atoms with Gasteiger partial charge in [0.1, 0.15) is 0 Å². The van der Waals surface area contributed by atoms with E-state index in [1.807, 2.05) is 0 Å². The monoisotopic (exact) mass is 278 g/mol. The van der Waals surface area contributed by atoms with Gasteiger partial charge in [-0.25, -0.2) is 0 Å². The van der Waals surface area contributed by atoms with E-state index in [9.17, 15) is 4.79 Å². The number of carbonyl (C=O) groups is 1. The average Bonchev–Trinajstić information content (AvgIpc) is 1.83. The third kappa shape index (κ3) is 5.17. The van der Waals surface area contributed by atoms with Crippen molar-refractivity contribution < 1.29 is 4.79 Å². The van der Waals surface area contributed by atoms with E-state index in [0.717, 1.165) is 10.4 Å². The van der Waals surface area contributed by atoms with E-state index in [0.29, 0.717) is 5.78 Å². The summed E-state index contributed by atoms with van der Waals surface area (Å²) in [5, 5.41) is 0. The molecule has 0 aromatic heterocycles. The van der Waals surface area contributed by atoms with E-state index in [4.69, 9.17) is 0 Å². The summed E-state index contributed by atoms with van der Waals surface area (Å²) < 4.78 is 0.766. The molecular weight excluding hydrogens is 255 g/mol. The van der Waals surface area contributed by atoms with Gasteiger partial charge in [-0.05, 0) is 0 Å². The third-order valence-electron chi connectivity index (χ3n) is 2.40. The molecule has 72 valence electrons. The predicted molar refractivity (Wildman–Crippen MR) is 57.3 cm³/mol. The first-order chi connectivity index (χ1) is 5.38. The Hall–Kier alpha value is 0.469. The summed E-state index contributed by atoms with van der Waals surface area (Å²) in [5.74, 6) is 0.375. The fourth-order valence-corrected chi connectivity index (χ4v) is 7.40. The van der Waals surface area contributed by atoms with Crippen LogP contribution in [0.25, 0.3) is 0 Å². The molecule has 12 heavy (non-hydrogen) atoms. The summed E-state index contributed by atoms with van der Waals surface area (Å²) in [4.78, 5) is 18.3. The molecule has 0 amide bonds. The fraction of sp³-hybridized carbons (Fsp3) is 0.900. The van der Waals surface area contributed by atoms with E-state index in [-0.39, 0.29) is 0 Å². The molecule has 2 heteroatoms. The molecule has 0 aliphatic carbocycles. The molecule has 0 saturated carbocycles. The maximum atomic E-state index is 11.0. The zero-order chi connectivity index (χ0) is 9.78. The molecule has 1 nitrogen and oxygen atoms in total. The normalized spacial score (nSPS) is 14.4. The molecule has 0 heterocycles. The van der Waals surface area contributed by atoms with Crippen LogP contribution in [0.3, 0.4) is 0 Å². The molecule has 0 aromatic rings. The third-order valence-corrected chi connectivity index (χ3v) is 10.8. The van der Waals surface area contributed by atoms with Gasteiger partial charge in [-0.2, -0.15) is 0 Å². The number of hydrogen-bond donors (Lipinski definition) is 0. The molecule has 0 rings (SSSR count). The van der Waals surface area contributed by atoms with Crippen molar-refractivity contribution in [3.05, 3.63) is 0 Å². The molecule has 0 aliphatic rings. The molecule has 1 unspecified atom stereocenters. The van der Waals surface area contributed by atoms with Crippen LogP contribution in [0.15, 0.2) is 0 Å². The SMILES string of the molecule is CCC[CH](CC(C)=O)[Sn]([CH3])([CH3])[CH3]. The quantitative estimate of drug-likeness (QED) is 0.703. The molecular formula is C10H22OSn. The van der Waals surface area contributed by atoms with Crippen LogP contribution in [0, 0.1) is 0 Å². The van der Waals surface area contributed by atoms with Gasteiger partial charge in [0.15, 0.2) is 0 Å². The maximum absolute atomic E-state index is 11.0. The zero-order valence-electron chi connectivity index (χ0n) is 9.11. The molecule has 0 N–H and O–H groups in total. The van der Waals surface area contributed by atoms with Crippen LogP contribution in [0.4, 0.5) is 0 Å². The van der Waals surface area contributed by atoms with Crippen LogP contribution in [0.1, 0.15) is 33.1 Å². The molecule has 0 aromatic carbocycles. The Kier molecular flexibility index (Phi) is 5.46. The average molecular weight is 277 g/mol. The van der Waals surface area contributed by atoms with Crippen LogP contribution in [-0.2, 0) is 4.79 Å². The summed E-state index contributed by atoms with van der Waals surface area (Å²) in [6, 6.07) is 0. The molecule has 0 bridgehead atoms. The van der Waals surface area contributed by atoms with Gasteiger partial charge in [0.25, 0.3) is 0 Å². The second-order valence-electron chi connectivity index (χ2n) is 4.76. The molecule has 0 spiro atoms. The van der Waals surface area contributed by atoms with Crippen LogP contribution in [0.5, 0.6) is 0 Å². The van der Waals surface area contributed by atoms with Crippen LogP contribution in [-0.4, -0.2) is 24.2 Å². The number of Topliss-reactive ketones (excluding diaryl/α,β-unsaturated/α-hetero) is 1. The number of hydrogen-bond acceptors (Lipinski definition) is 1. The fourth-order valence-electron chi connectivity index (χ4n) is 1.54. The second kappa shape index (κ2) is 5.25. The summed E-state index contributed by atoms with van der Waals surface area (Å²) >= 11 is -1.79. The van der Waals surface area contributed by atoms with Gasteiger partial charge >= 0.3 is 80.8 Å². The Morgan fingerprint density at radius 3 is 2.08 bits per heavy atom. The van der Waals surface area contributed by atoms with Gasteiger partial charge in [0.2, 0.25) is 0 Å². The first-order valence-corrected chi connectivity index (χ1v) is 15.1. The second-order valence-corrected chi connectivity index (χ2v) is 20.6. The Labute approximate surface area is 80.8 Å². The number of rotatable bonds is 5. The van der Waals surface area contributed by atoms with E-state index in [1.165, 1.54) is 12.8 Å². The van der Waals surface area contributed by atoms with Gasteiger partial charge < -0.3 is 0 Å². The van der Waals surface area contributed by atoms with E-state index < -0.39 is 18.4 Å². The van der Waals surface area contributed by atoms with Crippen LogP contribution < -0.4 is 0 Å². The van der Waals surface area contributed by atoms with Gasteiger partial charge in [-0.3, -0.25) is 0 Å². The van der Waals surface area contributed by atoms with Crippen LogP contribution >= 0.6 is 0 Å². The van der Waals surface area contributed by atoms with Crippen molar-refractivity contribution in [2.75, 3.05) is 0 Å². The Morgan fingerprint density at radius 1 is 1.33 bits per heavy atom. The first-order valence-electron chi connectivity index (χ1n) is 4.87. The number of carbonyl (C=O) groups excluding carboxylic acids is 1. The minimum absolute atomic E-state index is 0.375. The van der Waals surface area contributed by atoms with Crippen molar-refractivity contribution in [3.8, 4) is 0 Å². The predicted octanol–water partition coefficient (Wildman–Crippen LogP) is 3.47. The van der Waals surface area contributed by atoms with Gasteiger partial charge in [0.05, 0.1) is 0 Å². The van der Waals surface area contributed by atoms with E-state index >= 15 is 0 Å². The Morgan fingerprint density at radius 2 is 1.83 bits per heavy atom. The van der Waals surface area contributed by atoms with Gasteiger partial charge in [-0.15, -0.1) is 0 Å². The Bertz CT molecular complexity index is 146. The van der Waals surface area contributed by atoms with Crippen molar-refractivity contribution in [3.63, 3.8) is 0 Å². The van der Waals surface area contributed by atoms with Crippen molar-refractivity contribution in [1.82, 2.24) is 0 Å². The zero-order valence-corrected chi connectivity index (χ0v) is 12.0. The summed E-state index contributed by atoms with van der Waals surface area (Å²) in [5.41, 5.74) is 0. The van der Waals surface area contributed by atoms with Gasteiger partial charge in [0, 0.05) is 0 Å². The molecule has 0 fully saturated rings. The summed E-state index contributed by atoms with van der Waals surface area (Å²) in [6.45, 7) is 3.94. The number of ketones is 1. The van der Waals surface area contributed by atoms with Crippen molar-refractivity contribution in [2.45, 2.75) is 51.9 Å². The first kappa shape index (κ1) is 12.5. The van der Waals surface area contributed by atoms with E-state index in [1.54, 1.807) is 6.92 Å². The summed E-state index contributed by atoms with van der Waals surface area (Å²) in [7, 11) is 0. The Balaban J connectivity index is 4.13. The van der Waals surface area contributed by atoms with Crippen LogP contribution in [0.2, 0.25) is 18.8 Å². The van der Waals surface area contributed by atoms with Crippen molar-refractivity contribution in [1.29, 1.82) is 0 Å². The molecule has 0 radical (unpaired) electrons. The van der Waals surface area contributed by atoms with Crippen molar-refractivity contribution in [2.24, 2.45) is 0 Å². The van der Waals surface area contributed by atoms with Gasteiger partial charge in [-0.1, -0.05) is 0 Å². The minimum atomic E-state index is -1.79. The van der Waals surface area contributed by atoms with E-state index in [2.05, 4.69) is 21.7 Å².